The lowest BCUT2D eigenvalue weighted by Crippen LogP contribution is -2.09. The van der Waals surface area contributed by atoms with E-state index in [2.05, 4.69) is 22.9 Å². The van der Waals surface area contributed by atoms with E-state index in [0.717, 1.165) is 14.6 Å². The second-order valence-corrected chi connectivity index (χ2v) is 6.28. The van der Waals surface area contributed by atoms with Crippen molar-refractivity contribution in [3.05, 3.63) is 20.8 Å². The molecule has 0 saturated heterocycles. The molecule has 1 saturated carbocycles. The van der Waals surface area contributed by atoms with Gasteiger partial charge in [-0.15, -0.1) is 11.3 Å². The normalized spacial score (nSPS) is 21.5. The van der Waals surface area contributed by atoms with Gasteiger partial charge in [0.15, 0.2) is 0 Å². The Morgan fingerprint density at radius 2 is 2.23 bits per heavy atom. The first-order valence-corrected chi connectivity index (χ1v) is 6.22. The van der Waals surface area contributed by atoms with Gasteiger partial charge in [0, 0.05) is 4.88 Å². The number of aliphatic hydroxyl groups excluding tert-OH is 1. The molecular formula is C10H13BrOS. The van der Waals surface area contributed by atoms with E-state index < -0.39 is 0 Å². The number of rotatable bonds is 3. The van der Waals surface area contributed by atoms with Crippen LogP contribution >= 0.6 is 27.3 Å². The van der Waals surface area contributed by atoms with Crippen molar-refractivity contribution in [1.29, 1.82) is 0 Å². The van der Waals surface area contributed by atoms with E-state index in [1.807, 2.05) is 12.1 Å². The number of halogens is 1. The third kappa shape index (κ3) is 2.14. The average Bonchev–Trinajstić information content (AvgIpc) is 2.87. The molecule has 1 N–H and O–H groups in total. The van der Waals surface area contributed by atoms with Crippen molar-refractivity contribution in [2.45, 2.75) is 25.9 Å². The minimum absolute atomic E-state index is 0.260. The summed E-state index contributed by atoms with van der Waals surface area (Å²) in [4.78, 5) is 1.09. The van der Waals surface area contributed by atoms with Gasteiger partial charge in [0.05, 0.1) is 9.89 Å². The monoisotopic (exact) mass is 260 g/mol. The van der Waals surface area contributed by atoms with Gasteiger partial charge in [0.1, 0.15) is 0 Å². The predicted octanol–water partition coefficient (Wildman–Crippen LogP) is 3.59. The molecule has 0 spiro atoms. The maximum Gasteiger partial charge on any atom is 0.0910 e. The summed E-state index contributed by atoms with van der Waals surface area (Å²) in [5.74, 6) is 1.18. The molecule has 2 unspecified atom stereocenters. The highest BCUT2D eigenvalue weighted by Crippen LogP contribution is 2.44. The Kier molecular flexibility index (Phi) is 2.77. The van der Waals surface area contributed by atoms with Crippen molar-refractivity contribution in [2.75, 3.05) is 0 Å². The fraction of sp³-hybridized carbons (Fsp3) is 0.600. The molecule has 2 atom stereocenters. The number of thiophene rings is 1. The van der Waals surface area contributed by atoms with Crippen LogP contribution in [-0.2, 0) is 0 Å². The molecule has 1 aromatic heterocycles. The third-order valence-corrected chi connectivity index (χ3v) is 4.44. The molecule has 1 heterocycles. The molecule has 0 aromatic carbocycles. The van der Waals surface area contributed by atoms with Crippen molar-refractivity contribution in [3.63, 3.8) is 0 Å². The van der Waals surface area contributed by atoms with E-state index in [9.17, 15) is 5.11 Å². The summed E-state index contributed by atoms with van der Waals surface area (Å²) in [5.41, 5.74) is 0. The van der Waals surface area contributed by atoms with Crippen LogP contribution in [0.25, 0.3) is 0 Å². The van der Waals surface area contributed by atoms with E-state index in [0.29, 0.717) is 5.92 Å². The maximum atomic E-state index is 10.0. The largest absolute Gasteiger partial charge is 0.387 e. The number of hydrogen-bond acceptors (Lipinski definition) is 2. The van der Waals surface area contributed by atoms with E-state index in [1.54, 1.807) is 11.3 Å². The van der Waals surface area contributed by atoms with Crippen LogP contribution in [0.2, 0.25) is 0 Å². The van der Waals surface area contributed by atoms with Gasteiger partial charge in [0.25, 0.3) is 0 Å². The van der Waals surface area contributed by atoms with E-state index in [4.69, 9.17) is 0 Å². The summed E-state index contributed by atoms with van der Waals surface area (Å²) in [6.07, 6.45) is 2.33. The van der Waals surface area contributed by atoms with Crippen molar-refractivity contribution in [3.8, 4) is 0 Å². The van der Waals surface area contributed by atoms with Crippen LogP contribution in [0.4, 0.5) is 0 Å². The lowest BCUT2D eigenvalue weighted by atomic mass is 9.98. The molecule has 0 radical (unpaired) electrons. The van der Waals surface area contributed by atoms with Gasteiger partial charge in [-0.05, 0) is 52.7 Å². The molecule has 1 aliphatic rings. The van der Waals surface area contributed by atoms with Gasteiger partial charge in [-0.1, -0.05) is 6.92 Å². The minimum atomic E-state index is -0.260. The molecule has 1 nitrogen and oxygen atoms in total. The molecule has 13 heavy (non-hydrogen) atoms. The average molecular weight is 261 g/mol. The quantitative estimate of drug-likeness (QED) is 0.881. The van der Waals surface area contributed by atoms with Crippen molar-refractivity contribution in [1.82, 2.24) is 0 Å². The van der Waals surface area contributed by atoms with Crippen LogP contribution in [0.5, 0.6) is 0 Å². The Balaban J connectivity index is 2.06. The summed E-state index contributed by atoms with van der Waals surface area (Å²) < 4.78 is 1.10. The second-order valence-electron chi connectivity index (χ2n) is 3.78. The summed E-state index contributed by atoms with van der Waals surface area (Å²) in [7, 11) is 0. The molecule has 0 aliphatic heterocycles. The first kappa shape index (κ1) is 9.69. The van der Waals surface area contributed by atoms with Crippen LogP contribution in [0, 0.1) is 11.8 Å². The minimum Gasteiger partial charge on any atom is -0.387 e. The Bertz CT molecular complexity index is 293. The van der Waals surface area contributed by atoms with Crippen LogP contribution in [0.15, 0.2) is 15.9 Å². The van der Waals surface area contributed by atoms with Gasteiger partial charge in [-0.25, -0.2) is 0 Å². The molecule has 1 aliphatic carbocycles. The van der Waals surface area contributed by atoms with Crippen LogP contribution in [-0.4, -0.2) is 5.11 Å². The lowest BCUT2D eigenvalue weighted by Gasteiger charge is -2.16. The van der Waals surface area contributed by atoms with Crippen LogP contribution in [0.1, 0.15) is 30.7 Å². The smallest absolute Gasteiger partial charge is 0.0910 e. The topological polar surface area (TPSA) is 20.2 Å². The highest BCUT2D eigenvalue weighted by Gasteiger charge is 2.33. The van der Waals surface area contributed by atoms with Crippen molar-refractivity contribution < 1.29 is 5.11 Å². The summed E-state index contributed by atoms with van der Waals surface area (Å²) in [5, 5.41) is 10.0. The first-order valence-electron chi connectivity index (χ1n) is 4.62. The van der Waals surface area contributed by atoms with Gasteiger partial charge < -0.3 is 5.11 Å². The molecule has 1 fully saturated rings. The SMILES string of the molecule is CC(C1CC1)C(O)c1ccc(Br)s1. The van der Waals surface area contributed by atoms with Crippen LogP contribution < -0.4 is 0 Å². The second kappa shape index (κ2) is 3.71. The molecule has 0 amide bonds. The zero-order valence-corrected chi connectivity index (χ0v) is 9.94. The van der Waals surface area contributed by atoms with E-state index in [1.165, 1.54) is 12.8 Å². The zero-order chi connectivity index (χ0) is 9.42. The predicted molar refractivity (Wildman–Crippen MR) is 58.9 cm³/mol. The lowest BCUT2D eigenvalue weighted by molar-refractivity contribution is 0.109. The molecule has 0 bridgehead atoms. The fourth-order valence-corrected chi connectivity index (χ4v) is 3.15. The Morgan fingerprint density at radius 3 is 2.69 bits per heavy atom. The van der Waals surface area contributed by atoms with Crippen molar-refractivity contribution in [2.24, 2.45) is 11.8 Å². The summed E-state index contributed by atoms with van der Waals surface area (Å²) >= 11 is 5.05. The number of hydrogen-bond donors (Lipinski definition) is 1. The molecule has 1 aromatic rings. The van der Waals surface area contributed by atoms with Gasteiger partial charge >= 0.3 is 0 Å². The molecular weight excluding hydrogens is 248 g/mol. The third-order valence-electron chi connectivity index (χ3n) is 2.75. The highest BCUT2D eigenvalue weighted by molar-refractivity contribution is 9.11. The Morgan fingerprint density at radius 1 is 1.54 bits per heavy atom. The summed E-state index contributed by atoms with van der Waals surface area (Å²) in [6.45, 7) is 2.15. The van der Waals surface area contributed by atoms with E-state index >= 15 is 0 Å². The fourth-order valence-electron chi connectivity index (χ4n) is 1.63. The zero-order valence-electron chi connectivity index (χ0n) is 7.53. The maximum absolute atomic E-state index is 10.0. The van der Waals surface area contributed by atoms with Crippen molar-refractivity contribution >= 4 is 27.3 Å². The Labute approximate surface area is 90.9 Å². The van der Waals surface area contributed by atoms with Gasteiger partial charge in [-0.2, -0.15) is 0 Å². The van der Waals surface area contributed by atoms with E-state index in [-0.39, 0.29) is 6.10 Å². The standard InChI is InChI=1S/C10H13BrOS/c1-6(7-2-3-7)10(12)8-4-5-9(11)13-8/h4-7,10,12H,2-3H2,1H3. The molecule has 2 rings (SSSR count). The highest BCUT2D eigenvalue weighted by atomic mass is 79.9. The van der Waals surface area contributed by atoms with Crippen LogP contribution in [0.3, 0.4) is 0 Å². The summed E-state index contributed by atoms with van der Waals surface area (Å²) in [6, 6.07) is 4.02. The Hall–Kier alpha value is 0.140. The number of aliphatic hydroxyl groups is 1. The van der Waals surface area contributed by atoms with Gasteiger partial charge in [0.2, 0.25) is 0 Å². The first-order chi connectivity index (χ1) is 6.18. The molecule has 3 heteroatoms. The van der Waals surface area contributed by atoms with Gasteiger partial charge in [-0.3, -0.25) is 0 Å². The molecule has 72 valence electrons.